The van der Waals surface area contributed by atoms with Crippen molar-refractivity contribution in [3.05, 3.63) is 75.7 Å². The quantitative estimate of drug-likeness (QED) is 0.324. The molecular weight excluding hydrogens is 490 g/mol. The standard InChI is InChI=1S/C21H17Br2NO2S/c22-15-7-9-20-18(13-15)19-14-16(23)8-10-21(19)24(20)11-4-12-27(25,26)17-5-2-1-3-6-17/h1-3,5-10,13-14H,4,11-12H2. The second kappa shape index (κ2) is 7.41. The summed E-state index contributed by atoms with van der Waals surface area (Å²) in [6.45, 7) is 0.648. The van der Waals surface area contributed by atoms with Crippen molar-refractivity contribution >= 4 is 63.5 Å². The molecule has 1 heterocycles. The number of hydrogen-bond acceptors (Lipinski definition) is 2. The van der Waals surface area contributed by atoms with Crippen LogP contribution < -0.4 is 0 Å². The van der Waals surface area contributed by atoms with E-state index in [9.17, 15) is 8.42 Å². The van der Waals surface area contributed by atoms with E-state index in [4.69, 9.17) is 0 Å². The Bertz CT molecular complexity index is 1170. The molecule has 0 aliphatic heterocycles. The SMILES string of the molecule is O=S(=O)(CCCn1c2ccc(Br)cc2c2cc(Br)ccc21)c1ccccc1. The van der Waals surface area contributed by atoms with E-state index >= 15 is 0 Å². The highest BCUT2D eigenvalue weighted by atomic mass is 79.9. The third-order valence-corrected chi connectivity index (χ3v) is 7.49. The summed E-state index contributed by atoms with van der Waals surface area (Å²) in [6, 6.07) is 21.1. The Morgan fingerprint density at radius 3 is 1.89 bits per heavy atom. The monoisotopic (exact) mass is 505 g/mol. The van der Waals surface area contributed by atoms with Crippen LogP contribution in [0.2, 0.25) is 0 Å². The first-order valence-corrected chi connectivity index (χ1v) is 11.8. The number of aryl methyl sites for hydroxylation is 1. The van der Waals surface area contributed by atoms with Crippen LogP contribution in [0.4, 0.5) is 0 Å². The fraction of sp³-hybridized carbons (Fsp3) is 0.143. The van der Waals surface area contributed by atoms with Gasteiger partial charge < -0.3 is 4.57 Å². The van der Waals surface area contributed by atoms with Gasteiger partial charge in [-0.2, -0.15) is 0 Å². The lowest BCUT2D eigenvalue weighted by Gasteiger charge is -2.09. The lowest BCUT2D eigenvalue weighted by Crippen LogP contribution is -2.09. The van der Waals surface area contributed by atoms with Crippen molar-refractivity contribution in [2.24, 2.45) is 0 Å². The molecule has 138 valence electrons. The highest BCUT2D eigenvalue weighted by Crippen LogP contribution is 2.33. The third kappa shape index (κ3) is 3.71. The van der Waals surface area contributed by atoms with Crippen LogP contribution in [0.1, 0.15) is 6.42 Å². The van der Waals surface area contributed by atoms with Gasteiger partial charge in [0.25, 0.3) is 0 Å². The van der Waals surface area contributed by atoms with Crippen LogP contribution in [0, 0.1) is 0 Å². The van der Waals surface area contributed by atoms with Gasteiger partial charge in [-0.1, -0.05) is 50.1 Å². The number of benzene rings is 3. The summed E-state index contributed by atoms with van der Waals surface area (Å²) >= 11 is 7.10. The molecule has 0 unspecified atom stereocenters. The highest BCUT2D eigenvalue weighted by Gasteiger charge is 2.15. The fourth-order valence-corrected chi connectivity index (χ4v) is 5.49. The number of nitrogens with zero attached hydrogens (tertiary/aromatic N) is 1. The second-order valence-corrected chi connectivity index (χ2v) is 10.4. The Morgan fingerprint density at radius 1 is 0.778 bits per heavy atom. The molecule has 0 spiro atoms. The van der Waals surface area contributed by atoms with Crippen molar-refractivity contribution < 1.29 is 8.42 Å². The molecule has 0 saturated heterocycles. The van der Waals surface area contributed by atoms with Gasteiger partial charge in [-0.15, -0.1) is 0 Å². The van der Waals surface area contributed by atoms with Crippen LogP contribution in [0.25, 0.3) is 21.8 Å². The van der Waals surface area contributed by atoms with Crippen LogP contribution >= 0.6 is 31.9 Å². The fourth-order valence-electron chi connectivity index (χ4n) is 3.45. The molecule has 3 aromatic carbocycles. The number of halogens is 2. The molecule has 0 bridgehead atoms. The van der Waals surface area contributed by atoms with Crippen LogP contribution in [-0.2, 0) is 16.4 Å². The first-order chi connectivity index (χ1) is 13.0. The Morgan fingerprint density at radius 2 is 1.33 bits per heavy atom. The summed E-state index contributed by atoms with van der Waals surface area (Å²) in [5, 5.41) is 2.32. The zero-order valence-corrected chi connectivity index (χ0v) is 18.4. The van der Waals surface area contributed by atoms with Gasteiger partial charge in [0.2, 0.25) is 0 Å². The molecule has 0 amide bonds. The van der Waals surface area contributed by atoms with Gasteiger partial charge >= 0.3 is 0 Å². The smallest absolute Gasteiger partial charge is 0.178 e. The average molecular weight is 507 g/mol. The lowest BCUT2D eigenvalue weighted by molar-refractivity contribution is 0.589. The van der Waals surface area contributed by atoms with E-state index in [1.54, 1.807) is 24.3 Å². The largest absolute Gasteiger partial charge is 0.340 e. The maximum absolute atomic E-state index is 12.6. The van der Waals surface area contributed by atoms with Crippen molar-refractivity contribution in [1.29, 1.82) is 0 Å². The van der Waals surface area contributed by atoms with Crippen molar-refractivity contribution in [2.75, 3.05) is 5.75 Å². The summed E-state index contributed by atoms with van der Waals surface area (Å²) in [6.07, 6.45) is 0.558. The molecule has 0 fully saturated rings. The van der Waals surface area contributed by atoms with E-state index in [1.807, 2.05) is 18.2 Å². The minimum absolute atomic E-state index is 0.130. The summed E-state index contributed by atoms with van der Waals surface area (Å²) < 4.78 is 29.4. The number of aromatic nitrogens is 1. The minimum atomic E-state index is -3.26. The van der Waals surface area contributed by atoms with Crippen LogP contribution in [0.15, 0.2) is 80.6 Å². The maximum atomic E-state index is 12.6. The molecule has 6 heteroatoms. The van der Waals surface area contributed by atoms with Gasteiger partial charge in [-0.05, 0) is 55.0 Å². The van der Waals surface area contributed by atoms with Gasteiger partial charge in [0.1, 0.15) is 0 Å². The molecule has 0 N–H and O–H groups in total. The topological polar surface area (TPSA) is 39.1 Å². The number of fused-ring (bicyclic) bond motifs is 3. The van der Waals surface area contributed by atoms with Crippen molar-refractivity contribution in [1.82, 2.24) is 4.57 Å². The van der Waals surface area contributed by atoms with Crippen molar-refractivity contribution in [3.63, 3.8) is 0 Å². The Kier molecular flexibility index (Phi) is 5.14. The molecule has 4 aromatic rings. The van der Waals surface area contributed by atoms with E-state index < -0.39 is 9.84 Å². The molecule has 0 aliphatic carbocycles. The molecule has 27 heavy (non-hydrogen) atoms. The van der Waals surface area contributed by atoms with Gasteiger partial charge in [0.15, 0.2) is 9.84 Å². The summed E-state index contributed by atoms with van der Waals surface area (Å²) in [5.41, 5.74) is 2.23. The number of rotatable bonds is 5. The zero-order valence-electron chi connectivity index (χ0n) is 14.4. The Hall–Kier alpha value is -1.63. The van der Waals surface area contributed by atoms with E-state index in [2.05, 4.69) is 60.7 Å². The van der Waals surface area contributed by atoms with Gasteiger partial charge in [-0.3, -0.25) is 0 Å². The predicted octanol–water partition coefficient (Wildman–Crippen LogP) is 6.18. The maximum Gasteiger partial charge on any atom is 0.178 e. The van der Waals surface area contributed by atoms with Gasteiger partial charge in [-0.25, -0.2) is 8.42 Å². The van der Waals surface area contributed by atoms with E-state index in [-0.39, 0.29) is 5.75 Å². The van der Waals surface area contributed by atoms with Crippen LogP contribution in [0.5, 0.6) is 0 Å². The van der Waals surface area contributed by atoms with E-state index in [1.165, 1.54) is 0 Å². The van der Waals surface area contributed by atoms with E-state index in [0.29, 0.717) is 17.9 Å². The second-order valence-electron chi connectivity index (χ2n) is 6.46. The highest BCUT2D eigenvalue weighted by molar-refractivity contribution is 9.10. The molecular formula is C21H17Br2NO2S. The molecule has 0 atom stereocenters. The summed E-state index contributed by atoms with van der Waals surface area (Å²) in [4.78, 5) is 0.389. The average Bonchev–Trinajstić information content (AvgIpc) is 2.95. The normalized spacial score (nSPS) is 12.1. The Balaban J connectivity index is 1.67. The minimum Gasteiger partial charge on any atom is -0.340 e. The first-order valence-electron chi connectivity index (χ1n) is 8.60. The molecule has 4 rings (SSSR count). The van der Waals surface area contributed by atoms with Gasteiger partial charge in [0, 0.05) is 37.3 Å². The third-order valence-electron chi connectivity index (χ3n) is 4.69. The molecule has 0 radical (unpaired) electrons. The van der Waals surface area contributed by atoms with Crippen LogP contribution in [0.3, 0.4) is 0 Å². The summed E-state index contributed by atoms with van der Waals surface area (Å²) in [7, 11) is -3.26. The lowest BCUT2D eigenvalue weighted by atomic mass is 10.2. The van der Waals surface area contributed by atoms with Gasteiger partial charge in [0.05, 0.1) is 10.6 Å². The van der Waals surface area contributed by atoms with Crippen molar-refractivity contribution in [3.8, 4) is 0 Å². The zero-order chi connectivity index (χ0) is 19.0. The Labute approximate surface area is 175 Å². The number of hydrogen-bond donors (Lipinski definition) is 0. The van der Waals surface area contributed by atoms with Crippen molar-refractivity contribution in [2.45, 2.75) is 17.9 Å². The first kappa shape index (κ1) is 18.7. The predicted molar refractivity (Wildman–Crippen MR) is 118 cm³/mol. The van der Waals surface area contributed by atoms with E-state index in [0.717, 1.165) is 30.8 Å². The molecule has 0 aliphatic rings. The summed E-state index contributed by atoms with van der Waals surface area (Å²) in [5.74, 6) is 0.130. The molecule has 0 saturated carbocycles. The number of sulfone groups is 1. The molecule has 1 aromatic heterocycles. The van der Waals surface area contributed by atoms with Crippen LogP contribution in [-0.4, -0.2) is 18.7 Å². The molecule has 3 nitrogen and oxygen atoms in total.